The molecule has 1 fully saturated rings. The van der Waals surface area contributed by atoms with Crippen LogP contribution >= 0.6 is 0 Å². The van der Waals surface area contributed by atoms with Gasteiger partial charge in [0, 0.05) is 5.70 Å². The summed E-state index contributed by atoms with van der Waals surface area (Å²) >= 11 is 0. The molecule has 2 aliphatic carbocycles. The zero-order valence-electron chi connectivity index (χ0n) is 12.3. The highest BCUT2D eigenvalue weighted by Crippen LogP contribution is 2.47. The number of halogens is 3. The van der Waals surface area contributed by atoms with E-state index in [0.29, 0.717) is 0 Å². The first kappa shape index (κ1) is 14.1. The van der Waals surface area contributed by atoms with Crippen LogP contribution in [0, 0.1) is 0 Å². The van der Waals surface area contributed by atoms with Crippen molar-refractivity contribution >= 4 is 11.6 Å². The quantitative estimate of drug-likeness (QED) is 0.780. The van der Waals surface area contributed by atoms with E-state index in [0.717, 1.165) is 57.1 Å². The van der Waals surface area contributed by atoms with Crippen LogP contribution in [-0.2, 0) is 6.18 Å². The Morgan fingerprint density at radius 2 is 1.73 bits per heavy atom. The molecule has 2 heterocycles. The lowest BCUT2D eigenvalue weighted by molar-refractivity contribution is -0.144. The van der Waals surface area contributed by atoms with Gasteiger partial charge in [0.15, 0.2) is 0 Å². The maximum atomic E-state index is 12.9. The molecular weight excluding hydrogens is 293 g/mol. The average Bonchev–Trinajstić information content (AvgIpc) is 2.92. The van der Waals surface area contributed by atoms with Gasteiger partial charge in [0.1, 0.15) is 0 Å². The number of anilines is 1. The molecule has 1 aromatic heterocycles. The first-order valence-corrected chi connectivity index (χ1v) is 8.05. The molecule has 0 bridgehead atoms. The van der Waals surface area contributed by atoms with Crippen molar-refractivity contribution in [2.45, 2.75) is 69.5 Å². The van der Waals surface area contributed by atoms with Crippen LogP contribution in [0.4, 0.5) is 19.1 Å². The lowest BCUT2D eigenvalue weighted by atomic mass is 9.71. The number of rotatable bonds is 0. The molecule has 120 valence electrons. The van der Waals surface area contributed by atoms with Gasteiger partial charge >= 0.3 is 6.18 Å². The maximum absolute atomic E-state index is 12.9. The van der Waals surface area contributed by atoms with E-state index in [9.17, 15) is 13.2 Å². The van der Waals surface area contributed by atoms with Gasteiger partial charge in [0.2, 0.25) is 5.95 Å². The summed E-state index contributed by atoms with van der Waals surface area (Å²) in [5.74, 6) is -0.768. The molecule has 0 atom stereocenters. The zero-order chi connectivity index (χ0) is 15.4. The summed E-state index contributed by atoms with van der Waals surface area (Å²) in [5, 5.41) is 7.08. The highest BCUT2D eigenvalue weighted by Gasteiger charge is 2.45. The second-order valence-corrected chi connectivity index (χ2v) is 6.57. The Bertz CT molecular complexity index is 623. The Kier molecular flexibility index (Phi) is 3.03. The van der Waals surface area contributed by atoms with Crippen LogP contribution in [0.2, 0.25) is 0 Å². The van der Waals surface area contributed by atoms with E-state index < -0.39 is 12.0 Å². The second-order valence-electron chi connectivity index (χ2n) is 6.57. The minimum absolute atomic E-state index is 0.181. The molecule has 1 N–H and O–H groups in total. The average molecular weight is 312 g/mol. The number of aromatic nitrogens is 3. The van der Waals surface area contributed by atoms with Gasteiger partial charge in [-0.05, 0) is 44.1 Å². The third-order valence-electron chi connectivity index (χ3n) is 5.19. The van der Waals surface area contributed by atoms with Crippen molar-refractivity contribution in [3.05, 3.63) is 11.4 Å². The third-order valence-corrected chi connectivity index (χ3v) is 5.19. The Morgan fingerprint density at radius 1 is 1.00 bits per heavy atom. The van der Waals surface area contributed by atoms with Crippen LogP contribution in [0.15, 0.2) is 5.57 Å². The number of nitrogens with one attached hydrogen (secondary N) is 1. The van der Waals surface area contributed by atoms with E-state index >= 15 is 0 Å². The molecule has 1 spiro atoms. The zero-order valence-corrected chi connectivity index (χ0v) is 12.3. The molecule has 0 saturated heterocycles. The lowest BCUT2D eigenvalue weighted by Crippen LogP contribution is -2.47. The summed E-state index contributed by atoms with van der Waals surface area (Å²) < 4.78 is 40.3. The van der Waals surface area contributed by atoms with Gasteiger partial charge in [-0.1, -0.05) is 19.3 Å². The number of hydrogen-bond acceptors (Lipinski definition) is 3. The van der Waals surface area contributed by atoms with Crippen LogP contribution in [0.5, 0.6) is 0 Å². The predicted octanol–water partition coefficient (Wildman–Crippen LogP) is 4.21. The molecule has 0 aromatic carbocycles. The van der Waals surface area contributed by atoms with E-state index in [1.54, 1.807) is 0 Å². The normalized spacial score (nSPS) is 24.0. The fourth-order valence-electron chi connectivity index (χ4n) is 4.21. The summed E-state index contributed by atoms with van der Waals surface area (Å²) in [5.41, 5.74) is 2.06. The second kappa shape index (κ2) is 4.73. The maximum Gasteiger partial charge on any atom is 0.453 e. The van der Waals surface area contributed by atoms with Gasteiger partial charge in [-0.3, -0.25) is 0 Å². The van der Waals surface area contributed by atoms with Gasteiger partial charge in [0.05, 0.1) is 5.54 Å². The van der Waals surface area contributed by atoms with E-state index in [2.05, 4.69) is 15.4 Å². The summed E-state index contributed by atoms with van der Waals surface area (Å²) in [4.78, 5) is 3.74. The minimum Gasteiger partial charge on any atom is -0.345 e. The van der Waals surface area contributed by atoms with Crippen LogP contribution in [-0.4, -0.2) is 20.3 Å². The summed E-state index contributed by atoms with van der Waals surface area (Å²) in [6.45, 7) is 0. The Hall–Kier alpha value is -1.53. The van der Waals surface area contributed by atoms with Crippen molar-refractivity contribution in [2.24, 2.45) is 0 Å². The van der Waals surface area contributed by atoms with Crippen molar-refractivity contribution in [2.75, 3.05) is 5.32 Å². The van der Waals surface area contributed by atoms with Gasteiger partial charge < -0.3 is 5.32 Å². The van der Waals surface area contributed by atoms with E-state index in [-0.39, 0.29) is 11.5 Å². The molecule has 0 unspecified atom stereocenters. The Balaban J connectivity index is 1.84. The van der Waals surface area contributed by atoms with Crippen molar-refractivity contribution in [1.29, 1.82) is 0 Å². The minimum atomic E-state index is -4.50. The van der Waals surface area contributed by atoms with Crippen molar-refractivity contribution in [1.82, 2.24) is 14.8 Å². The van der Waals surface area contributed by atoms with Gasteiger partial charge in [-0.15, -0.1) is 5.10 Å². The molecule has 1 saturated carbocycles. The van der Waals surface area contributed by atoms with E-state index in [1.165, 1.54) is 16.7 Å². The van der Waals surface area contributed by atoms with E-state index in [4.69, 9.17) is 0 Å². The lowest BCUT2D eigenvalue weighted by Gasteiger charge is -2.45. The SMILES string of the molecule is FC(F)(F)c1nc2n(n1)C1=C(CCCC1)C1(CCCCC1)N2. The van der Waals surface area contributed by atoms with Crippen LogP contribution in [0.1, 0.15) is 63.6 Å². The fourth-order valence-corrected chi connectivity index (χ4v) is 4.21. The Morgan fingerprint density at radius 3 is 2.45 bits per heavy atom. The molecule has 1 aliphatic heterocycles. The molecule has 0 amide bonds. The summed E-state index contributed by atoms with van der Waals surface area (Å²) in [6.07, 6.45) is 4.78. The predicted molar refractivity (Wildman–Crippen MR) is 76.1 cm³/mol. The van der Waals surface area contributed by atoms with Crippen molar-refractivity contribution in [3.63, 3.8) is 0 Å². The number of nitrogens with zero attached hydrogens (tertiary/aromatic N) is 3. The topological polar surface area (TPSA) is 42.7 Å². The number of hydrogen-bond donors (Lipinski definition) is 1. The summed E-state index contributed by atoms with van der Waals surface area (Å²) in [6, 6.07) is 0. The monoisotopic (exact) mass is 312 g/mol. The number of allylic oxidation sites excluding steroid dienone is 1. The van der Waals surface area contributed by atoms with Gasteiger partial charge in [0.25, 0.3) is 5.82 Å². The van der Waals surface area contributed by atoms with Crippen LogP contribution < -0.4 is 5.32 Å². The highest BCUT2D eigenvalue weighted by molar-refractivity contribution is 5.65. The fraction of sp³-hybridized carbons (Fsp3) is 0.733. The van der Waals surface area contributed by atoms with Gasteiger partial charge in [-0.25, -0.2) is 4.68 Å². The largest absolute Gasteiger partial charge is 0.453 e. The van der Waals surface area contributed by atoms with E-state index in [1.807, 2.05) is 0 Å². The number of fused-ring (bicyclic) bond motifs is 3. The highest BCUT2D eigenvalue weighted by atomic mass is 19.4. The first-order chi connectivity index (χ1) is 10.5. The molecule has 0 radical (unpaired) electrons. The molecule has 7 heteroatoms. The summed E-state index contributed by atoms with van der Waals surface area (Å²) in [7, 11) is 0. The third kappa shape index (κ3) is 2.05. The van der Waals surface area contributed by atoms with Crippen LogP contribution in [0.3, 0.4) is 0 Å². The van der Waals surface area contributed by atoms with Gasteiger partial charge in [-0.2, -0.15) is 18.2 Å². The van der Waals surface area contributed by atoms with Crippen molar-refractivity contribution < 1.29 is 13.2 Å². The van der Waals surface area contributed by atoms with Crippen molar-refractivity contribution in [3.8, 4) is 0 Å². The smallest absolute Gasteiger partial charge is 0.345 e. The molecular formula is C15H19F3N4. The number of alkyl halides is 3. The van der Waals surface area contributed by atoms with Crippen LogP contribution in [0.25, 0.3) is 5.70 Å². The molecule has 1 aromatic rings. The first-order valence-electron chi connectivity index (χ1n) is 8.05. The standard InChI is InChI=1S/C15H19F3N4/c16-15(17,18)12-19-13-20-14(8-4-1-5-9-14)10-6-2-3-7-11(10)22(13)21-12/h1-9H2,(H,19,20,21). The molecule has 4 rings (SSSR count). The molecule has 22 heavy (non-hydrogen) atoms. The molecule has 4 nitrogen and oxygen atoms in total. The molecule has 3 aliphatic rings. The Labute approximate surface area is 126 Å².